The minimum Gasteiger partial charge on any atom is -0.310 e. The Hall–Kier alpha value is -7.74. The van der Waals surface area contributed by atoms with Crippen molar-refractivity contribution in [3.63, 3.8) is 0 Å². The first-order valence-electron chi connectivity index (χ1n) is 20.8. The average molecular weight is 764 g/mol. The van der Waals surface area contributed by atoms with E-state index in [1.54, 1.807) is 0 Å². The largest absolute Gasteiger partial charge is 0.310 e. The Morgan fingerprint density at radius 1 is 0.300 bits per heavy atom. The highest BCUT2D eigenvalue weighted by molar-refractivity contribution is 6.07. The third-order valence-electron chi connectivity index (χ3n) is 12.3. The van der Waals surface area contributed by atoms with Gasteiger partial charge in [-0.3, -0.25) is 0 Å². The predicted molar refractivity (Wildman–Crippen MR) is 252 cm³/mol. The normalized spacial score (nSPS) is 12.5. The molecule has 0 spiro atoms. The number of rotatable bonds is 8. The Kier molecular flexibility index (Phi) is 8.79. The van der Waals surface area contributed by atoms with Crippen LogP contribution in [0.1, 0.15) is 22.3 Å². The van der Waals surface area contributed by atoms with Gasteiger partial charge in [-0.25, -0.2) is 0 Å². The molecule has 1 heteroatoms. The van der Waals surface area contributed by atoms with E-state index in [1.807, 2.05) is 0 Å². The lowest BCUT2D eigenvalue weighted by atomic mass is 9.66. The second-order valence-corrected chi connectivity index (χ2v) is 15.6. The van der Waals surface area contributed by atoms with Crippen molar-refractivity contribution < 1.29 is 0 Å². The van der Waals surface area contributed by atoms with Gasteiger partial charge in [-0.15, -0.1) is 0 Å². The third kappa shape index (κ3) is 5.86. The summed E-state index contributed by atoms with van der Waals surface area (Å²) < 4.78 is 0. The minimum atomic E-state index is -0.574. The van der Waals surface area contributed by atoms with Crippen molar-refractivity contribution in [2.75, 3.05) is 4.90 Å². The van der Waals surface area contributed by atoms with E-state index in [9.17, 15) is 0 Å². The van der Waals surface area contributed by atoms with Gasteiger partial charge in [0.2, 0.25) is 0 Å². The molecule has 60 heavy (non-hydrogen) atoms. The van der Waals surface area contributed by atoms with Gasteiger partial charge in [0.15, 0.2) is 0 Å². The second kappa shape index (κ2) is 14.9. The van der Waals surface area contributed by atoms with E-state index in [2.05, 4.69) is 254 Å². The average Bonchev–Trinajstić information content (AvgIpc) is 3.65. The molecule has 0 amide bonds. The molecule has 0 aliphatic heterocycles. The molecule has 0 heterocycles. The molecule has 0 atom stereocenters. The van der Waals surface area contributed by atoms with Crippen LogP contribution in [-0.4, -0.2) is 0 Å². The van der Waals surface area contributed by atoms with E-state index in [-0.39, 0.29) is 0 Å². The fourth-order valence-electron chi connectivity index (χ4n) is 9.66. The zero-order valence-electron chi connectivity index (χ0n) is 33.1. The van der Waals surface area contributed by atoms with Crippen molar-refractivity contribution in [1.29, 1.82) is 0 Å². The summed E-state index contributed by atoms with van der Waals surface area (Å²) in [4.78, 5) is 2.41. The van der Waals surface area contributed by atoms with Crippen molar-refractivity contribution in [2.24, 2.45) is 0 Å². The molecule has 0 fully saturated rings. The van der Waals surface area contributed by atoms with Gasteiger partial charge in [-0.05, 0) is 120 Å². The molecule has 1 aliphatic rings. The summed E-state index contributed by atoms with van der Waals surface area (Å²) in [6.07, 6.45) is 0. The maximum Gasteiger partial charge on any atom is 0.0719 e. The lowest BCUT2D eigenvalue weighted by molar-refractivity contribution is 0.775. The van der Waals surface area contributed by atoms with Gasteiger partial charge < -0.3 is 4.90 Å². The molecular formula is C59H41N. The number of anilines is 3. The zero-order valence-corrected chi connectivity index (χ0v) is 33.1. The van der Waals surface area contributed by atoms with Crippen LogP contribution in [0.15, 0.2) is 249 Å². The van der Waals surface area contributed by atoms with Crippen LogP contribution in [0.25, 0.3) is 55.3 Å². The highest BCUT2D eigenvalue weighted by Gasteiger charge is 2.48. The molecular weight excluding hydrogens is 723 g/mol. The molecule has 0 saturated heterocycles. The summed E-state index contributed by atoms with van der Waals surface area (Å²) in [6.45, 7) is 0. The Labute approximate surface area is 352 Å². The summed E-state index contributed by atoms with van der Waals surface area (Å²) in [5.41, 5.74) is 17.6. The third-order valence-corrected chi connectivity index (χ3v) is 12.3. The van der Waals surface area contributed by atoms with Gasteiger partial charge in [0.05, 0.1) is 5.41 Å². The first kappa shape index (κ1) is 35.4. The van der Waals surface area contributed by atoms with Crippen LogP contribution in [-0.2, 0) is 5.41 Å². The van der Waals surface area contributed by atoms with Gasteiger partial charge in [0.1, 0.15) is 0 Å². The van der Waals surface area contributed by atoms with Crippen LogP contribution in [0, 0.1) is 0 Å². The molecule has 0 radical (unpaired) electrons. The Morgan fingerprint density at radius 3 is 1.23 bits per heavy atom. The summed E-state index contributed by atoms with van der Waals surface area (Å²) in [5.74, 6) is 0. The molecule has 11 rings (SSSR count). The van der Waals surface area contributed by atoms with Gasteiger partial charge in [0, 0.05) is 17.1 Å². The molecule has 0 unspecified atom stereocenters. The van der Waals surface area contributed by atoms with Crippen molar-refractivity contribution in [1.82, 2.24) is 0 Å². The van der Waals surface area contributed by atoms with Gasteiger partial charge in [-0.2, -0.15) is 0 Å². The lowest BCUT2D eigenvalue weighted by Gasteiger charge is -2.35. The monoisotopic (exact) mass is 763 g/mol. The Bertz CT molecular complexity index is 2960. The van der Waals surface area contributed by atoms with Crippen molar-refractivity contribution >= 4 is 27.8 Å². The summed E-state index contributed by atoms with van der Waals surface area (Å²) in [7, 11) is 0. The van der Waals surface area contributed by atoms with Crippen molar-refractivity contribution in [3.05, 3.63) is 271 Å². The molecule has 0 aromatic heterocycles. The molecule has 1 nitrogen and oxygen atoms in total. The zero-order chi connectivity index (χ0) is 39.9. The van der Waals surface area contributed by atoms with Crippen LogP contribution in [0.3, 0.4) is 0 Å². The minimum absolute atomic E-state index is 0.574. The highest BCUT2D eigenvalue weighted by atomic mass is 15.1. The van der Waals surface area contributed by atoms with E-state index >= 15 is 0 Å². The fraction of sp³-hybridized carbons (Fsp3) is 0.0169. The maximum atomic E-state index is 2.46. The smallest absolute Gasteiger partial charge is 0.0719 e. The first-order valence-corrected chi connectivity index (χ1v) is 20.8. The number of hydrogen-bond donors (Lipinski definition) is 0. The standard InChI is InChI=1S/C59H41N/c1-6-18-42(19-7-1)44-30-34-50(35-31-44)60(51-36-32-45(33-37-51)43-20-8-2-9-21-43)52-38-39-56-55(41-52)57-54(46-22-10-3-11-23-46)40-47-24-16-17-29-53(47)58(57)59(56,48-25-12-4-13-26-48)49-27-14-5-15-28-49/h1-41H. The van der Waals surface area contributed by atoms with Crippen molar-refractivity contribution in [2.45, 2.75) is 5.41 Å². The molecule has 10 aromatic carbocycles. The van der Waals surface area contributed by atoms with Gasteiger partial charge in [0.25, 0.3) is 0 Å². The topological polar surface area (TPSA) is 3.24 Å². The summed E-state index contributed by atoms with van der Waals surface area (Å²) >= 11 is 0. The quantitative estimate of drug-likeness (QED) is 0.149. The predicted octanol–water partition coefficient (Wildman–Crippen LogP) is 15.7. The molecule has 282 valence electrons. The van der Waals surface area contributed by atoms with E-state index in [1.165, 1.54) is 77.5 Å². The number of benzene rings is 10. The first-order chi connectivity index (χ1) is 29.8. The molecule has 1 aliphatic carbocycles. The van der Waals surface area contributed by atoms with Crippen LogP contribution >= 0.6 is 0 Å². The summed E-state index contributed by atoms with van der Waals surface area (Å²) in [5, 5.41) is 2.50. The Balaban J connectivity index is 1.20. The van der Waals surface area contributed by atoms with Crippen LogP contribution in [0.4, 0.5) is 17.1 Å². The number of hydrogen-bond acceptors (Lipinski definition) is 1. The van der Waals surface area contributed by atoms with E-state index in [4.69, 9.17) is 0 Å². The molecule has 0 bridgehead atoms. The molecule has 0 saturated carbocycles. The SMILES string of the molecule is c1ccc(-c2ccc(N(c3ccc(-c4ccccc4)cc3)c3ccc4c(c3)-c3c(-c5ccccc5)cc5ccccc5c3C4(c3ccccc3)c3ccccc3)cc2)cc1. The second-order valence-electron chi connectivity index (χ2n) is 15.6. The van der Waals surface area contributed by atoms with Gasteiger partial charge in [-0.1, -0.05) is 206 Å². The van der Waals surface area contributed by atoms with Crippen molar-refractivity contribution in [3.8, 4) is 44.5 Å². The van der Waals surface area contributed by atoms with Crippen LogP contribution in [0.2, 0.25) is 0 Å². The Morgan fingerprint density at radius 2 is 0.717 bits per heavy atom. The van der Waals surface area contributed by atoms with Crippen LogP contribution in [0.5, 0.6) is 0 Å². The molecule has 10 aromatic rings. The van der Waals surface area contributed by atoms with Gasteiger partial charge >= 0.3 is 0 Å². The number of fused-ring (bicyclic) bond motifs is 5. The fourth-order valence-corrected chi connectivity index (χ4v) is 9.66. The maximum absolute atomic E-state index is 2.46. The number of nitrogens with zero attached hydrogens (tertiary/aromatic N) is 1. The van der Waals surface area contributed by atoms with E-state index in [0.29, 0.717) is 0 Å². The molecule has 0 N–H and O–H groups in total. The lowest BCUT2D eigenvalue weighted by Crippen LogP contribution is -2.29. The van der Waals surface area contributed by atoms with Crippen LogP contribution < -0.4 is 4.90 Å². The highest BCUT2D eigenvalue weighted by Crippen LogP contribution is 2.61. The van der Waals surface area contributed by atoms with E-state index < -0.39 is 5.41 Å². The van der Waals surface area contributed by atoms with E-state index in [0.717, 1.165) is 17.1 Å². The summed E-state index contributed by atoms with van der Waals surface area (Å²) in [6, 6.07) is 91.1.